The highest BCUT2D eigenvalue weighted by Gasteiger charge is 2.36. The van der Waals surface area contributed by atoms with Crippen molar-refractivity contribution in [2.75, 3.05) is 0 Å². The Morgan fingerprint density at radius 3 is 0.596 bits per heavy atom. The van der Waals surface area contributed by atoms with E-state index in [0.29, 0.717) is 0 Å². The molecule has 0 radical (unpaired) electrons. The molecular weight excluding hydrogens is 1630 g/mol. The SMILES string of the molecule is c1ccc2c(c1)Cc1c-2ccc2c1-c1ccccc1C2.c1ccc2c(c1)Cc1c-2ccc2c1-c1ccccc1C2.c1ccc2c(c1)Cc1c-2ccc2c1CCC2.c1ccc2c(c1)Cc1c-2ccc2c1Cc1ccccc1-2.c1ccc2c(c1)Cc1cc3c(cc1-2)-c1ccccc1C3.c1ccc2c(c1)Cc1cc3c(cc1-2)Cc1ccccc1-3.c1ccc2c(c1)Cc1ccc3c(c1-2)-c1ccccc1C3. The van der Waals surface area contributed by atoms with E-state index in [9.17, 15) is 0 Å². The summed E-state index contributed by atoms with van der Waals surface area (Å²) in [5.41, 5.74) is 80.0. The smallest absolute Gasteiger partial charge is 0.000718 e. The zero-order valence-electron chi connectivity index (χ0n) is 76.4. The molecule has 0 atom stereocenters. The summed E-state index contributed by atoms with van der Waals surface area (Å²) in [6.45, 7) is 0. The van der Waals surface area contributed by atoms with E-state index < -0.39 is 0 Å². The van der Waals surface area contributed by atoms with Crippen LogP contribution in [0, 0.1) is 0 Å². The molecule has 20 aromatic rings. The largest absolute Gasteiger partial charge is 0.0619 e. The highest BCUT2D eigenvalue weighted by atomic mass is 14.4. The number of fused-ring (bicyclic) bond motifs is 45. The van der Waals surface area contributed by atoms with Crippen LogP contribution >= 0.6 is 0 Å². The van der Waals surface area contributed by atoms with Crippen LogP contribution in [0.25, 0.3) is 145 Å². The minimum atomic E-state index is 1.08. The molecule has 34 rings (SSSR count). The van der Waals surface area contributed by atoms with Crippen LogP contribution in [0.3, 0.4) is 0 Å². The van der Waals surface area contributed by atoms with E-state index in [-0.39, 0.29) is 0 Å². The van der Waals surface area contributed by atoms with Crippen LogP contribution in [-0.4, -0.2) is 0 Å². The topological polar surface area (TPSA) is 0 Å². The molecule has 0 aliphatic heterocycles. The molecule has 14 aliphatic rings. The average Bonchev–Trinajstić information content (AvgIpc) is 1.59. The third-order valence-electron chi connectivity index (χ3n) is 32.5. The Morgan fingerprint density at radius 2 is 0.287 bits per heavy atom. The molecule has 0 fully saturated rings. The standard InChI is InChI=1S/6C20H14.C16H14/c2*1-3-7-16-14(6-1)12-19-18(16)10-9-15-11-13-5-2-4-8-17(13)20(15)19;1-3-7-17-13(5-1)9-15-11-20-16(12-19(15)17)10-14-6-2-4-8-18(14)20;1-3-7-17-13(5-1)9-15-11-16-10-14-6-2-4-8-18(14)20(16)12-19(15)17;1-3-7-17-13(5-1)11-15-9-10-16-12-14-6-2-4-8-18(14)20(16)19(15)17;1-3-7-15-13(5-1)11-19-17(15)9-10-18-16-8-4-2-6-14(16)12-20(18)19;1-2-6-14-12(4-1)10-16-13-7-3-5-11(13)8-9-15(14)16/h2*1-10H,11-12H2;2*1-8,11-12H,9-10H2;2*1-10H,11-12H2;1-2,4,6,8-9H,3,5,7,10H2. The Morgan fingerprint density at radius 1 is 0.0956 bits per heavy atom. The maximum atomic E-state index is 2.44. The van der Waals surface area contributed by atoms with Crippen molar-refractivity contribution in [3.63, 3.8) is 0 Å². The van der Waals surface area contributed by atoms with E-state index in [1.165, 1.54) is 292 Å². The zero-order valence-corrected chi connectivity index (χ0v) is 76.4. The summed E-state index contributed by atoms with van der Waals surface area (Å²) in [5, 5.41) is 0. The van der Waals surface area contributed by atoms with Gasteiger partial charge in [-0.2, -0.15) is 0 Å². The van der Waals surface area contributed by atoms with E-state index >= 15 is 0 Å². The van der Waals surface area contributed by atoms with Crippen LogP contribution in [0.1, 0.15) is 162 Å². The number of hydrogen-bond donors (Lipinski definition) is 0. The molecule has 0 aromatic heterocycles. The molecule has 0 heteroatoms. The van der Waals surface area contributed by atoms with Gasteiger partial charge in [0.1, 0.15) is 0 Å². The molecule has 0 saturated heterocycles. The molecule has 136 heavy (non-hydrogen) atoms. The van der Waals surface area contributed by atoms with Crippen molar-refractivity contribution in [1.82, 2.24) is 0 Å². The van der Waals surface area contributed by atoms with Gasteiger partial charge in [0.2, 0.25) is 0 Å². The lowest BCUT2D eigenvalue weighted by Crippen LogP contribution is -1.91. The van der Waals surface area contributed by atoms with Gasteiger partial charge in [0, 0.05) is 0 Å². The Bertz CT molecular complexity index is 8000. The highest BCUT2D eigenvalue weighted by Crippen LogP contribution is 2.55. The Balaban J connectivity index is 0.0000000787. The summed E-state index contributed by atoms with van der Waals surface area (Å²) < 4.78 is 0. The average molecular weight is 1730 g/mol. The Kier molecular flexibility index (Phi) is 18.6. The lowest BCUT2D eigenvalue weighted by atomic mass is 9.94. The summed E-state index contributed by atoms with van der Waals surface area (Å²) in [6, 6.07) is 148. The van der Waals surface area contributed by atoms with Gasteiger partial charge in [-0.15, -0.1) is 0 Å². The van der Waals surface area contributed by atoms with Gasteiger partial charge >= 0.3 is 0 Å². The lowest BCUT2D eigenvalue weighted by Gasteiger charge is -2.10. The first-order chi connectivity index (χ1) is 67.4. The van der Waals surface area contributed by atoms with Crippen molar-refractivity contribution in [2.45, 2.75) is 103 Å². The van der Waals surface area contributed by atoms with Crippen LogP contribution in [0.4, 0.5) is 0 Å². The van der Waals surface area contributed by atoms with Crippen LogP contribution in [0.5, 0.6) is 0 Å². The van der Waals surface area contributed by atoms with Crippen LogP contribution in [0.2, 0.25) is 0 Å². The second kappa shape index (κ2) is 32.1. The van der Waals surface area contributed by atoms with Crippen LogP contribution in [0.15, 0.2) is 400 Å². The molecule has 0 unspecified atom stereocenters. The molecule has 0 saturated carbocycles. The number of rotatable bonds is 0. The van der Waals surface area contributed by atoms with Crippen LogP contribution in [-0.2, 0) is 96.3 Å². The Hall–Kier alpha value is -15.6. The highest BCUT2D eigenvalue weighted by molar-refractivity contribution is 5.98. The Labute approximate surface area is 797 Å². The fourth-order valence-corrected chi connectivity index (χ4v) is 26.3. The fourth-order valence-electron chi connectivity index (χ4n) is 26.3. The molecule has 0 bridgehead atoms. The first-order valence-electron chi connectivity index (χ1n) is 49.5. The quantitative estimate of drug-likeness (QED) is 0.142. The number of aryl methyl sites for hydroxylation is 1. The predicted molar refractivity (Wildman–Crippen MR) is 564 cm³/mol. The summed E-state index contributed by atoms with van der Waals surface area (Å²) in [6.07, 6.45) is 18.2. The van der Waals surface area contributed by atoms with Crippen molar-refractivity contribution in [1.29, 1.82) is 0 Å². The summed E-state index contributed by atoms with van der Waals surface area (Å²) in [4.78, 5) is 0. The number of hydrogen-bond acceptors (Lipinski definition) is 0. The van der Waals surface area contributed by atoms with Gasteiger partial charge < -0.3 is 0 Å². The molecule has 0 N–H and O–H groups in total. The third-order valence-corrected chi connectivity index (χ3v) is 32.5. The second-order valence-corrected chi connectivity index (χ2v) is 39.8. The minimum absolute atomic E-state index is 1.08. The second-order valence-electron chi connectivity index (χ2n) is 39.8. The lowest BCUT2D eigenvalue weighted by molar-refractivity contribution is 0.908. The van der Waals surface area contributed by atoms with Crippen molar-refractivity contribution in [3.8, 4) is 145 Å². The van der Waals surface area contributed by atoms with Gasteiger partial charge in [-0.05, 0) is 421 Å². The maximum absolute atomic E-state index is 2.44. The number of benzene rings is 20. The van der Waals surface area contributed by atoms with Gasteiger partial charge in [0.05, 0.1) is 0 Å². The van der Waals surface area contributed by atoms with Crippen LogP contribution < -0.4 is 0 Å². The third kappa shape index (κ3) is 13.0. The molecular formula is C136H98. The molecule has 642 valence electrons. The molecule has 0 nitrogen and oxygen atoms in total. The maximum Gasteiger partial charge on any atom is -0.000718 e. The summed E-state index contributed by atoms with van der Waals surface area (Å²) >= 11 is 0. The first kappa shape index (κ1) is 79.0. The van der Waals surface area contributed by atoms with Crippen molar-refractivity contribution < 1.29 is 0 Å². The van der Waals surface area contributed by atoms with E-state index in [4.69, 9.17) is 0 Å². The summed E-state index contributed by atoms with van der Waals surface area (Å²) in [7, 11) is 0. The van der Waals surface area contributed by atoms with E-state index in [1.807, 2.05) is 0 Å². The molecule has 0 heterocycles. The first-order valence-corrected chi connectivity index (χ1v) is 49.5. The fraction of sp³-hybridized carbons (Fsp3) is 0.118. The van der Waals surface area contributed by atoms with Gasteiger partial charge in [-0.3, -0.25) is 0 Å². The van der Waals surface area contributed by atoms with Gasteiger partial charge in [-0.1, -0.05) is 382 Å². The van der Waals surface area contributed by atoms with Gasteiger partial charge in [0.25, 0.3) is 0 Å². The molecule has 0 spiro atoms. The van der Waals surface area contributed by atoms with E-state index in [1.54, 1.807) is 27.8 Å². The molecule has 20 aromatic carbocycles. The van der Waals surface area contributed by atoms with Crippen molar-refractivity contribution in [3.05, 3.63) is 556 Å². The zero-order chi connectivity index (χ0) is 89.2. The summed E-state index contributed by atoms with van der Waals surface area (Å²) in [5.74, 6) is 0. The predicted octanol–water partition coefficient (Wildman–Crippen LogP) is 32.7. The van der Waals surface area contributed by atoms with Crippen molar-refractivity contribution >= 4 is 0 Å². The van der Waals surface area contributed by atoms with Gasteiger partial charge in [0.15, 0.2) is 0 Å². The normalized spacial score (nSPS) is 13.9. The van der Waals surface area contributed by atoms with Gasteiger partial charge in [-0.25, -0.2) is 0 Å². The minimum Gasteiger partial charge on any atom is -0.0619 e. The van der Waals surface area contributed by atoms with E-state index in [2.05, 4.69) is 400 Å². The molecule has 0 amide bonds. The molecule has 14 aliphatic carbocycles. The van der Waals surface area contributed by atoms with E-state index in [0.717, 1.165) is 83.5 Å². The monoisotopic (exact) mass is 1730 g/mol. The van der Waals surface area contributed by atoms with Crippen molar-refractivity contribution in [2.24, 2.45) is 0 Å².